The van der Waals surface area contributed by atoms with E-state index in [9.17, 15) is 9.59 Å². The molecular formula is C17H24N2O3. The van der Waals surface area contributed by atoms with Crippen LogP contribution in [0.1, 0.15) is 26.7 Å². The third-order valence-corrected chi connectivity index (χ3v) is 4.12. The Labute approximate surface area is 131 Å². The minimum Gasteiger partial charge on any atom is -0.466 e. The SMILES string of the molecule is CCOC(=O)C1CCN(C(C)C(=O)Nc2ccccc2)CC1. The summed E-state index contributed by atoms with van der Waals surface area (Å²) in [6.07, 6.45) is 1.50. The van der Waals surface area contributed by atoms with E-state index in [0.29, 0.717) is 6.61 Å². The number of likely N-dealkylation sites (tertiary alicyclic amines) is 1. The van der Waals surface area contributed by atoms with E-state index in [-0.39, 0.29) is 23.8 Å². The lowest BCUT2D eigenvalue weighted by atomic mass is 9.96. The van der Waals surface area contributed by atoms with Crippen molar-refractivity contribution in [2.24, 2.45) is 5.92 Å². The van der Waals surface area contributed by atoms with Crippen molar-refractivity contribution < 1.29 is 14.3 Å². The van der Waals surface area contributed by atoms with E-state index in [1.165, 1.54) is 0 Å². The minimum absolute atomic E-state index is 0.0132. The number of anilines is 1. The molecule has 0 saturated carbocycles. The minimum atomic E-state index is -0.205. The maximum atomic E-state index is 12.3. The van der Waals surface area contributed by atoms with Crippen LogP contribution in [0.25, 0.3) is 0 Å². The molecule has 0 radical (unpaired) electrons. The number of para-hydroxylation sites is 1. The number of piperidine rings is 1. The van der Waals surface area contributed by atoms with Crippen LogP contribution in [0.5, 0.6) is 0 Å². The van der Waals surface area contributed by atoms with E-state index < -0.39 is 0 Å². The number of rotatable bonds is 5. The average molecular weight is 304 g/mol. The van der Waals surface area contributed by atoms with Gasteiger partial charge in [0.2, 0.25) is 5.91 Å². The third-order valence-electron chi connectivity index (χ3n) is 4.12. The van der Waals surface area contributed by atoms with Crippen molar-refractivity contribution >= 4 is 17.6 Å². The van der Waals surface area contributed by atoms with E-state index in [0.717, 1.165) is 31.6 Å². The lowest BCUT2D eigenvalue weighted by molar-refractivity contribution is -0.149. The predicted octanol–water partition coefficient (Wildman–Crippen LogP) is 2.29. The summed E-state index contributed by atoms with van der Waals surface area (Å²) in [5.41, 5.74) is 0.806. The zero-order valence-corrected chi connectivity index (χ0v) is 13.2. The van der Waals surface area contributed by atoms with Crippen LogP contribution < -0.4 is 5.32 Å². The number of nitrogens with zero attached hydrogens (tertiary/aromatic N) is 1. The van der Waals surface area contributed by atoms with Gasteiger partial charge in [-0.3, -0.25) is 14.5 Å². The molecule has 1 heterocycles. The first kappa shape index (κ1) is 16.5. The molecule has 2 rings (SSSR count). The molecule has 1 aromatic carbocycles. The molecule has 5 nitrogen and oxygen atoms in total. The molecule has 22 heavy (non-hydrogen) atoms. The molecule has 1 atom stereocenters. The Bertz CT molecular complexity index is 496. The van der Waals surface area contributed by atoms with Crippen LogP contribution in [-0.2, 0) is 14.3 Å². The molecule has 1 amide bonds. The second-order valence-electron chi connectivity index (χ2n) is 5.59. The van der Waals surface area contributed by atoms with Gasteiger partial charge in [0, 0.05) is 5.69 Å². The summed E-state index contributed by atoms with van der Waals surface area (Å²) in [6, 6.07) is 9.24. The zero-order valence-electron chi connectivity index (χ0n) is 13.2. The molecule has 0 spiro atoms. The lowest BCUT2D eigenvalue weighted by Gasteiger charge is -2.34. The molecular weight excluding hydrogens is 280 g/mol. The number of carbonyl (C=O) groups excluding carboxylic acids is 2. The smallest absolute Gasteiger partial charge is 0.309 e. The summed E-state index contributed by atoms with van der Waals surface area (Å²) < 4.78 is 5.07. The third kappa shape index (κ3) is 4.31. The maximum absolute atomic E-state index is 12.3. The van der Waals surface area contributed by atoms with Crippen molar-refractivity contribution in [2.45, 2.75) is 32.7 Å². The largest absolute Gasteiger partial charge is 0.466 e. The van der Waals surface area contributed by atoms with E-state index in [1.807, 2.05) is 44.2 Å². The van der Waals surface area contributed by atoms with Crippen LogP contribution in [0.15, 0.2) is 30.3 Å². The Morgan fingerprint density at radius 1 is 1.27 bits per heavy atom. The van der Waals surface area contributed by atoms with Crippen LogP contribution in [0.3, 0.4) is 0 Å². The second-order valence-corrected chi connectivity index (χ2v) is 5.59. The van der Waals surface area contributed by atoms with E-state index in [4.69, 9.17) is 4.74 Å². The number of hydrogen-bond acceptors (Lipinski definition) is 4. The van der Waals surface area contributed by atoms with Gasteiger partial charge in [-0.15, -0.1) is 0 Å². The van der Waals surface area contributed by atoms with Gasteiger partial charge in [-0.2, -0.15) is 0 Å². The molecule has 1 fully saturated rings. The Morgan fingerprint density at radius 3 is 2.50 bits per heavy atom. The van der Waals surface area contributed by atoms with E-state index in [1.54, 1.807) is 0 Å². The van der Waals surface area contributed by atoms with Crippen LogP contribution in [0.4, 0.5) is 5.69 Å². The van der Waals surface area contributed by atoms with Crippen LogP contribution in [-0.4, -0.2) is 42.5 Å². The molecule has 1 aromatic rings. The number of hydrogen-bond donors (Lipinski definition) is 1. The monoisotopic (exact) mass is 304 g/mol. The van der Waals surface area contributed by atoms with E-state index in [2.05, 4.69) is 10.2 Å². The molecule has 1 aliphatic heterocycles. The van der Waals surface area contributed by atoms with Gasteiger partial charge >= 0.3 is 5.97 Å². The van der Waals surface area contributed by atoms with Crippen molar-refractivity contribution in [3.8, 4) is 0 Å². The van der Waals surface area contributed by atoms with Gasteiger partial charge in [-0.1, -0.05) is 18.2 Å². The highest BCUT2D eigenvalue weighted by molar-refractivity contribution is 5.94. The first-order valence-corrected chi connectivity index (χ1v) is 7.88. The Hall–Kier alpha value is -1.88. The van der Waals surface area contributed by atoms with Crippen molar-refractivity contribution in [3.63, 3.8) is 0 Å². The summed E-state index contributed by atoms with van der Waals surface area (Å²) >= 11 is 0. The van der Waals surface area contributed by atoms with Crippen LogP contribution in [0.2, 0.25) is 0 Å². The predicted molar refractivity (Wildman–Crippen MR) is 85.5 cm³/mol. The number of benzene rings is 1. The Balaban J connectivity index is 1.83. The first-order chi connectivity index (χ1) is 10.6. The van der Waals surface area contributed by atoms with Crippen molar-refractivity contribution in [2.75, 3.05) is 25.0 Å². The standard InChI is InChI=1S/C17H24N2O3/c1-3-22-17(21)14-9-11-19(12-10-14)13(2)16(20)18-15-7-5-4-6-8-15/h4-8,13-14H,3,9-12H2,1-2H3,(H,18,20). The fraction of sp³-hybridized carbons (Fsp3) is 0.529. The van der Waals surface area contributed by atoms with Crippen LogP contribution in [0, 0.1) is 5.92 Å². The van der Waals surface area contributed by atoms with E-state index >= 15 is 0 Å². The second kappa shape index (κ2) is 7.94. The average Bonchev–Trinajstić information content (AvgIpc) is 2.55. The van der Waals surface area contributed by atoms with Gasteiger partial charge in [0.25, 0.3) is 0 Å². The first-order valence-electron chi connectivity index (χ1n) is 7.88. The Kier molecular flexibility index (Phi) is 5.95. The molecule has 5 heteroatoms. The van der Waals surface area contributed by atoms with Gasteiger partial charge in [0.05, 0.1) is 18.6 Å². The number of carbonyl (C=O) groups is 2. The fourth-order valence-electron chi connectivity index (χ4n) is 2.72. The molecule has 120 valence electrons. The highest BCUT2D eigenvalue weighted by Crippen LogP contribution is 2.21. The number of amides is 1. The summed E-state index contributed by atoms with van der Waals surface area (Å²) in [6.45, 7) is 5.64. The highest BCUT2D eigenvalue weighted by atomic mass is 16.5. The Morgan fingerprint density at radius 2 is 1.91 bits per heavy atom. The van der Waals surface area contributed by atoms with Gasteiger partial charge in [-0.25, -0.2) is 0 Å². The topological polar surface area (TPSA) is 58.6 Å². The van der Waals surface area contributed by atoms with Crippen molar-refractivity contribution in [3.05, 3.63) is 30.3 Å². The molecule has 0 aliphatic carbocycles. The summed E-state index contributed by atoms with van der Waals surface area (Å²) in [7, 11) is 0. The zero-order chi connectivity index (χ0) is 15.9. The summed E-state index contributed by atoms with van der Waals surface area (Å²) in [5.74, 6) is -0.148. The molecule has 1 unspecified atom stereocenters. The van der Waals surface area contributed by atoms with Gasteiger partial charge in [0.1, 0.15) is 0 Å². The van der Waals surface area contributed by atoms with Gasteiger partial charge in [-0.05, 0) is 51.9 Å². The normalized spacial score (nSPS) is 17.7. The van der Waals surface area contributed by atoms with Gasteiger partial charge in [0.15, 0.2) is 0 Å². The van der Waals surface area contributed by atoms with Crippen molar-refractivity contribution in [1.29, 1.82) is 0 Å². The molecule has 0 aromatic heterocycles. The maximum Gasteiger partial charge on any atom is 0.309 e. The van der Waals surface area contributed by atoms with Crippen LogP contribution >= 0.6 is 0 Å². The quantitative estimate of drug-likeness (QED) is 0.848. The van der Waals surface area contributed by atoms with Crippen molar-refractivity contribution in [1.82, 2.24) is 4.90 Å². The van der Waals surface area contributed by atoms with Gasteiger partial charge < -0.3 is 10.1 Å². The summed E-state index contributed by atoms with van der Waals surface area (Å²) in [5, 5.41) is 2.92. The molecule has 1 N–H and O–H groups in total. The number of ether oxygens (including phenoxy) is 1. The fourth-order valence-corrected chi connectivity index (χ4v) is 2.72. The number of esters is 1. The molecule has 0 bridgehead atoms. The number of nitrogens with one attached hydrogen (secondary N) is 1. The molecule has 1 saturated heterocycles. The summed E-state index contributed by atoms with van der Waals surface area (Å²) in [4.78, 5) is 26.1. The lowest BCUT2D eigenvalue weighted by Crippen LogP contribution is -2.47. The molecule has 1 aliphatic rings. The highest BCUT2D eigenvalue weighted by Gasteiger charge is 2.30.